The molecule has 1 rings (SSSR count). The molecule has 1 atom stereocenters. The van der Waals surface area contributed by atoms with Crippen LogP contribution in [0.25, 0.3) is 0 Å². The zero-order valence-electron chi connectivity index (χ0n) is 7.74. The number of alkyl halides is 1. The van der Waals surface area contributed by atoms with Crippen molar-refractivity contribution in [1.82, 2.24) is 0 Å². The fraction of sp³-hybridized carbons (Fsp3) is 0.300. The first kappa shape index (κ1) is 11.0. The van der Waals surface area contributed by atoms with Crippen molar-refractivity contribution in [2.24, 2.45) is 0 Å². The molecule has 0 radical (unpaired) electrons. The van der Waals surface area contributed by atoms with Crippen molar-refractivity contribution in [2.75, 3.05) is 13.0 Å². The molecule has 4 heteroatoms. The van der Waals surface area contributed by atoms with Crippen LogP contribution in [0.4, 0.5) is 0 Å². The summed E-state index contributed by atoms with van der Waals surface area (Å²) >= 11 is 5.47. The van der Waals surface area contributed by atoms with Gasteiger partial charge in [0, 0.05) is 0 Å². The number of hydrogen-bond donors (Lipinski definition) is 1. The second-order valence-corrected chi connectivity index (χ2v) is 3.09. The summed E-state index contributed by atoms with van der Waals surface area (Å²) in [4.78, 5) is 11.1. The van der Waals surface area contributed by atoms with Gasteiger partial charge in [-0.3, -0.25) is 0 Å². The van der Waals surface area contributed by atoms with Gasteiger partial charge in [-0.05, 0) is 17.7 Å². The lowest BCUT2D eigenvalue weighted by Crippen LogP contribution is -2.03. The Morgan fingerprint density at radius 1 is 1.50 bits per heavy atom. The van der Waals surface area contributed by atoms with Gasteiger partial charge in [0.1, 0.15) is 0 Å². The van der Waals surface area contributed by atoms with E-state index in [1.807, 2.05) is 0 Å². The molecule has 1 aromatic carbocycles. The molecular formula is C10H11ClO3. The fourth-order valence-electron chi connectivity index (χ4n) is 1.05. The quantitative estimate of drug-likeness (QED) is 0.616. The Kier molecular flexibility index (Phi) is 3.92. The summed E-state index contributed by atoms with van der Waals surface area (Å²) in [6.45, 7) is 0. The predicted octanol–water partition coefficient (Wildman–Crippen LogP) is 1.75. The average Bonchev–Trinajstić information content (AvgIpc) is 2.27. The molecule has 0 spiro atoms. The fourth-order valence-corrected chi connectivity index (χ4v) is 1.23. The largest absolute Gasteiger partial charge is 0.465 e. The van der Waals surface area contributed by atoms with Crippen LogP contribution < -0.4 is 0 Å². The highest BCUT2D eigenvalue weighted by atomic mass is 35.5. The van der Waals surface area contributed by atoms with Crippen LogP contribution in [0, 0.1) is 0 Å². The van der Waals surface area contributed by atoms with Crippen molar-refractivity contribution in [3.8, 4) is 0 Å². The van der Waals surface area contributed by atoms with E-state index < -0.39 is 12.1 Å². The molecule has 0 aromatic heterocycles. The third kappa shape index (κ3) is 2.47. The molecule has 0 saturated carbocycles. The summed E-state index contributed by atoms with van der Waals surface area (Å²) in [5, 5.41) is 9.37. The van der Waals surface area contributed by atoms with Gasteiger partial charge in [-0.15, -0.1) is 11.6 Å². The van der Waals surface area contributed by atoms with Crippen molar-refractivity contribution in [3.05, 3.63) is 35.4 Å². The number of carbonyl (C=O) groups excluding carboxylic acids is 1. The van der Waals surface area contributed by atoms with Gasteiger partial charge >= 0.3 is 5.97 Å². The van der Waals surface area contributed by atoms with E-state index in [1.54, 1.807) is 24.3 Å². The molecule has 0 saturated heterocycles. The minimum atomic E-state index is -0.691. The Morgan fingerprint density at radius 2 is 2.07 bits per heavy atom. The van der Waals surface area contributed by atoms with E-state index in [2.05, 4.69) is 4.74 Å². The van der Waals surface area contributed by atoms with Crippen molar-refractivity contribution < 1.29 is 14.6 Å². The molecule has 0 unspecified atom stereocenters. The lowest BCUT2D eigenvalue weighted by molar-refractivity contribution is 0.0600. The summed E-state index contributed by atoms with van der Waals surface area (Å²) in [6, 6.07) is 6.49. The van der Waals surface area contributed by atoms with E-state index >= 15 is 0 Å². The maximum Gasteiger partial charge on any atom is 0.337 e. The standard InChI is InChI=1S/C10H11ClO3/c1-14-10(13)8-4-2-7(3-5-8)9(12)6-11/h2-5,9,12H,6H2,1H3/t9-/m1/s1. The Morgan fingerprint density at radius 3 is 2.50 bits per heavy atom. The molecule has 0 bridgehead atoms. The van der Waals surface area contributed by atoms with Gasteiger partial charge in [0.2, 0.25) is 0 Å². The monoisotopic (exact) mass is 214 g/mol. The number of aliphatic hydroxyl groups is 1. The van der Waals surface area contributed by atoms with Gasteiger partial charge in [-0.25, -0.2) is 4.79 Å². The number of rotatable bonds is 3. The van der Waals surface area contributed by atoms with Gasteiger partial charge in [-0.1, -0.05) is 12.1 Å². The van der Waals surface area contributed by atoms with Gasteiger partial charge in [0.15, 0.2) is 0 Å². The number of ether oxygens (including phenoxy) is 1. The van der Waals surface area contributed by atoms with Crippen molar-refractivity contribution in [3.63, 3.8) is 0 Å². The highest BCUT2D eigenvalue weighted by Crippen LogP contribution is 2.15. The number of esters is 1. The summed E-state index contributed by atoms with van der Waals surface area (Å²) in [6.07, 6.45) is -0.691. The average molecular weight is 215 g/mol. The second-order valence-electron chi connectivity index (χ2n) is 2.78. The van der Waals surface area contributed by atoms with Crippen LogP contribution >= 0.6 is 11.6 Å². The summed E-state index contributed by atoms with van der Waals surface area (Å²) in [5.41, 5.74) is 1.14. The van der Waals surface area contributed by atoms with E-state index in [1.165, 1.54) is 7.11 Å². The molecule has 0 aliphatic rings. The highest BCUT2D eigenvalue weighted by Gasteiger charge is 2.08. The van der Waals surface area contributed by atoms with Crippen LogP contribution in [0.2, 0.25) is 0 Å². The Balaban J connectivity index is 2.83. The normalized spacial score (nSPS) is 12.2. The Bertz CT molecular complexity index is 308. The Hall–Kier alpha value is -1.06. The topological polar surface area (TPSA) is 46.5 Å². The first-order chi connectivity index (χ1) is 6.69. The number of halogens is 1. The SMILES string of the molecule is COC(=O)c1ccc([C@H](O)CCl)cc1. The van der Waals surface area contributed by atoms with Crippen LogP contribution in [0.5, 0.6) is 0 Å². The highest BCUT2D eigenvalue weighted by molar-refractivity contribution is 6.18. The van der Waals surface area contributed by atoms with Gasteiger partial charge in [-0.2, -0.15) is 0 Å². The van der Waals surface area contributed by atoms with Crippen LogP contribution in [-0.2, 0) is 4.74 Å². The van der Waals surface area contributed by atoms with Crippen LogP contribution in [-0.4, -0.2) is 24.1 Å². The minimum Gasteiger partial charge on any atom is -0.465 e. The molecule has 1 N–H and O–H groups in total. The third-order valence-electron chi connectivity index (χ3n) is 1.86. The van der Waals surface area contributed by atoms with E-state index in [9.17, 15) is 9.90 Å². The van der Waals surface area contributed by atoms with E-state index in [0.717, 1.165) is 0 Å². The molecule has 3 nitrogen and oxygen atoms in total. The maximum atomic E-state index is 11.1. The molecule has 0 aliphatic carbocycles. The molecule has 0 aliphatic heterocycles. The van der Waals surface area contributed by atoms with Crippen molar-refractivity contribution in [2.45, 2.75) is 6.10 Å². The zero-order valence-corrected chi connectivity index (χ0v) is 8.49. The lowest BCUT2D eigenvalue weighted by Gasteiger charge is -2.07. The van der Waals surface area contributed by atoms with Gasteiger partial charge < -0.3 is 9.84 Å². The number of methoxy groups -OCH3 is 1. The van der Waals surface area contributed by atoms with E-state index in [0.29, 0.717) is 11.1 Å². The third-order valence-corrected chi connectivity index (χ3v) is 2.16. The van der Waals surface area contributed by atoms with E-state index in [4.69, 9.17) is 11.6 Å². The molecular weight excluding hydrogens is 204 g/mol. The smallest absolute Gasteiger partial charge is 0.337 e. The molecule has 14 heavy (non-hydrogen) atoms. The Labute approximate surface area is 87.3 Å². The lowest BCUT2D eigenvalue weighted by atomic mass is 10.1. The zero-order chi connectivity index (χ0) is 10.6. The van der Waals surface area contributed by atoms with Crippen LogP contribution in [0.15, 0.2) is 24.3 Å². The molecule has 0 heterocycles. The molecule has 0 fully saturated rings. The first-order valence-electron chi connectivity index (χ1n) is 4.11. The maximum absolute atomic E-state index is 11.1. The predicted molar refractivity (Wildman–Crippen MR) is 53.5 cm³/mol. The van der Waals surface area contributed by atoms with Gasteiger partial charge in [0.05, 0.1) is 24.7 Å². The van der Waals surface area contributed by atoms with Crippen molar-refractivity contribution >= 4 is 17.6 Å². The number of benzene rings is 1. The van der Waals surface area contributed by atoms with Gasteiger partial charge in [0.25, 0.3) is 0 Å². The summed E-state index contributed by atoms with van der Waals surface area (Å²) < 4.78 is 4.54. The summed E-state index contributed by atoms with van der Waals surface area (Å²) in [7, 11) is 1.32. The number of carbonyl (C=O) groups is 1. The number of aliphatic hydroxyl groups excluding tert-OH is 1. The summed E-state index contributed by atoms with van der Waals surface area (Å²) in [5.74, 6) is -0.255. The molecule has 1 aromatic rings. The van der Waals surface area contributed by atoms with Crippen LogP contribution in [0.1, 0.15) is 22.0 Å². The van der Waals surface area contributed by atoms with E-state index in [-0.39, 0.29) is 5.88 Å². The van der Waals surface area contributed by atoms with Crippen LogP contribution in [0.3, 0.4) is 0 Å². The number of hydrogen-bond acceptors (Lipinski definition) is 3. The minimum absolute atomic E-state index is 0.136. The first-order valence-corrected chi connectivity index (χ1v) is 4.64. The molecule has 76 valence electrons. The molecule has 0 amide bonds. The second kappa shape index (κ2) is 4.98. The van der Waals surface area contributed by atoms with Crippen molar-refractivity contribution in [1.29, 1.82) is 0 Å².